The molecule has 0 atom stereocenters. The molecule has 0 aromatic carbocycles. The molecule has 0 radical (unpaired) electrons. The van der Waals surface area contributed by atoms with Crippen LogP contribution in [-0.2, 0) is 19.1 Å². The van der Waals surface area contributed by atoms with Crippen molar-refractivity contribution >= 4 is 45.4 Å². The van der Waals surface area contributed by atoms with Crippen LogP contribution in [0.25, 0.3) is 0 Å². The summed E-state index contributed by atoms with van der Waals surface area (Å²) in [5.41, 5.74) is 0. The van der Waals surface area contributed by atoms with Gasteiger partial charge in [0.1, 0.15) is 0 Å². The SMILES string of the molecule is CCCCCCCCCOC(=O)C[S][Sn]([CH2]CCC)([CH2]CCC)[S]CC(=O)OCCCCCCCCC. The van der Waals surface area contributed by atoms with Crippen LogP contribution in [0.5, 0.6) is 0 Å². The van der Waals surface area contributed by atoms with Crippen LogP contribution in [0.3, 0.4) is 0 Å². The molecule has 0 heterocycles. The van der Waals surface area contributed by atoms with E-state index in [-0.39, 0.29) is 11.9 Å². The van der Waals surface area contributed by atoms with Crippen molar-refractivity contribution in [3.63, 3.8) is 0 Å². The van der Waals surface area contributed by atoms with E-state index in [1.165, 1.54) is 85.9 Å². The number of carbonyl (C=O) groups is 2. The topological polar surface area (TPSA) is 52.6 Å². The maximum atomic E-state index is 12.5. The number of rotatable bonds is 28. The molecule has 0 aliphatic rings. The van der Waals surface area contributed by atoms with E-state index in [0.717, 1.165) is 38.5 Å². The van der Waals surface area contributed by atoms with Crippen LogP contribution in [0.4, 0.5) is 0 Å². The minimum Gasteiger partial charge on any atom is -0.0654 e. The summed E-state index contributed by atoms with van der Waals surface area (Å²) in [5, 5.41) is 0. The fraction of sp³-hybridized carbons (Fsp3) is 0.933. The van der Waals surface area contributed by atoms with Crippen molar-refractivity contribution in [3.8, 4) is 0 Å². The van der Waals surface area contributed by atoms with E-state index in [4.69, 9.17) is 9.47 Å². The molecule has 0 saturated heterocycles. The molecule has 220 valence electrons. The second kappa shape index (κ2) is 28.0. The van der Waals surface area contributed by atoms with E-state index in [1.54, 1.807) is 0 Å². The van der Waals surface area contributed by atoms with Crippen molar-refractivity contribution in [3.05, 3.63) is 0 Å². The first-order chi connectivity index (χ1) is 18.0. The summed E-state index contributed by atoms with van der Waals surface area (Å²) in [5.74, 6) is 0.791. The van der Waals surface area contributed by atoms with E-state index in [2.05, 4.69) is 27.7 Å². The minimum atomic E-state index is -2.78. The Labute approximate surface area is 240 Å². The van der Waals surface area contributed by atoms with E-state index < -0.39 is 15.6 Å². The van der Waals surface area contributed by atoms with Gasteiger partial charge in [-0.3, -0.25) is 0 Å². The summed E-state index contributed by atoms with van der Waals surface area (Å²) in [6.07, 6.45) is 21.9. The number of unbranched alkanes of at least 4 members (excludes halogenated alkanes) is 14. The Morgan fingerprint density at radius 3 is 1.16 bits per heavy atom. The molecule has 0 aliphatic carbocycles. The van der Waals surface area contributed by atoms with Crippen molar-refractivity contribution in [2.45, 2.75) is 152 Å². The number of hydrogen-bond donors (Lipinski definition) is 0. The quantitative estimate of drug-likeness (QED) is 0.0470. The molecule has 37 heavy (non-hydrogen) atoms. The molecule has 0 saturated carbocycles. The van der Waals surface area contributed by atoms with Crippen LogP contribution in [0.1, 0.15) is 143 Å². The Hall–Kier alpha value is 0.439. The molecule has 0 amide bonds. The average Bonchev–Trinajstić information content (AvgIpc) is 2.90. The van der Waals surface area contributed by atoms with Gasteiger partial charge in [0.15, 0.2) is 0 Å². The standard InChI is InChI=1S/2C11H22O2S.2C4H9.Sn/c2*1-2-3-4-5-6-7-8-9-13-11(12)10-14;2*1-3-4-2;/h2*14H,2-10H2,1H3;2*1,3-4H2,2H3;/q;;;;+2/p-2. The zero-order valence-corrected chi connectivity index (χ0v) is 29.4. The molecule has 0 bridgehead atoms. The first kappa shape index (κ1) is 37.4. The van der Waals surface area contributed by atoms with Gasteiger partial charge in [0.05, 0.1) is 0 Å². The van der Waals surface area contributed by atoms with Crippen LogP contribution in [-0.4, -0.2) is 52.3 Å². The Morgan fingerprint density at radius 2 is 0.811 bits per heavy atom. The van der Waals surface area contributed by atoms with Gasteiger partial charge in [0, 0.05) is 0 Å². The van der Waals surface area contributed by atoms with Gasteiger partial charge in [-0.2, -0.15) is 0 Å². The average molecular weight is 668 g/mol. The van der Waals surface area contributed by atoms with Gasteiger partial charge in [0.25, 0.3) is 0 Å². The monoisotopic (exact) mass is 668 g/mol. The van der Waals surface area contributed by atoms with Crippen molar-refractivity contribution in [2.24, 2.45) is 0 Å². The first-order valence-corrected chi connectivity index (χ1v) is 28.6. The molecule has 0 N–H and O–H groups in total. The van der Waals surface area contributed by atoms with E-state index >= 15 is 0 Å². The van der Waals surface area contributed by atoms with Gasteiger partial charge >= 0.3 is 228 Å². The summed E-state index contributed by atoms with van der Waals surface area (Å²) in [6.45, 7) is 10.1. The second-order valence-corrected chi connectivity index (χ2v) is 36.7. The Morgan fingerprint density at radius 1 is 0.486 bits per heavy atom. The molecule has 0 aromatic rings. The van der Waals surface area contributed by atoms with Gasteiger partial charge in [-0.05, 0) is 0 Å². The van der Waals surface area contributed by atoms with Crippen LogP contribution in [0.15, 0.2) is 0 Å². The zero-order chi connectivity index (χ0) is 27.5. The first-order valence-electron chi connectivity index (χ1n) is 15.6. The van der Waals surface area contributed by atoms with Crippen LogP contribution in [0, 0.1) is 0 Å². The van der Waals surface area contributed by atoms with E-state index in [0.29, 0.717) is 24.7 Å². The molecule has 0 unspecified atom stereocenters. The van der Waals surface area contributed by atoms with Crippen LogP contribution < -0.4 is 0 Å². The summed E-state index contributed by atoms with van der Waals surface area (Å²) in [4.78, 5) is 25.0. The summed E-state index contributed by atoms with van der Waals surface area (Å²) in [7, 11) is 3.82. The van der Waals surface area contributed by atoms with Crippen molar-refractivity contribution in [2.75, 3.05) is 24.7 Å². The van der Waals surface area contributed by atoms with E-state index in [1.807, 2.05) is 17.9 Å². The fourth-order valence-corrected chi connectivity index (χ4v) is 31.8. The van der Waals surface area contributed by atoms with Gasteiger partial charge in [0.2, 0.25) is 0 Å². The van der Waals surface area contributed by atoms with Crippen molar-refractivity contribution < 1.29 is 19.1 Å². The summed E-state index contributed by atoms with van der Waals surface area (Å²) in [6, 6.07) is 0. The third-order valence-electron chi connectivity index (χ3n) is 6.75. The van der Waals surface area contributed by atoms with Crippen molar-refractivity contribution in [1.29, 1.82) is 0 Å². The summed E-state index contributed by atoms with van der Waals surface area (Å²) >= 11 is -2.78. The number of carbonyl (C=O) groups excluding carboxylic acids is 2. The number of ether oxygens (including phenoxy) is 2. The van der Waals surface area contributed by atoms with Gasteiger partial charge in [-0.15, -0.1) is 0 Å². The smallest absolute Gasteiger partial charge is 0.0654 e. The molecule has 0 aromatic heterocycles. The predicted molar refractivity (Wildman–Crippen MR) is 168 cm³/mol. The third kappa shape index (κ3) is 24.0. The van der Waals surface area contributed by atoms with Gasteiger partial charge < -0.3 is 0 Å². The Bertz CT molecular complexity index is 488. The Balaban J connectivity index is 4.46. The molecular weight excluding hydrogens is 607 g/mol. The van der Waals surface area contributed by atoms with Crippen LogP contribution in [0.2, 0.25) is 8.87 Å². The predicted octanol–water partition coefficient (Wildman–Crippen LogP) is 10.1. The number of hydrogen-bond acceptors (Lipinski definition) is 6. The summed E-state index contributed by atoms with van der Waals surface area (Å²) < 4.78 is 13.6. The zero-order valence-electron chi connectivity index (χ0n) is 24.9. The molecule has 7 heteroatoms. The Kier molecular flexibility index (Phi) is 28.3. The fourth-order valence-electron chi connectivity index (χ4n) is 4.30. The molecule has 4 nitrogen and oxygen atoms in total. The van der Waals surface area contributed by atoms with Crippen LogP contribution >= 0.6 is 17.9 Å². The second-order valence-electron chi connectivity index (χ2n) is 10.4. The molecule has 0 rings (SSSR count). The number of esters is 2. The molecular formula is C30H60O4S2Sn. The molecule has 0 spiro atoms. The molecule has 0 aliphatic heterocycles. The van der Waals surface area contributed by atoms with Gasteiger partial charge in [-0.25, -0.2) is 0 Å². The van der Waals surface area contributed by atoms with Crippen molar-refractivity contribution in [1.82, 2.24) is 0 Å². The maximum absolute atomic E-state index is 12.5. The normalized spacial score (nSPS) is 11.6. The molecule has 0 fully saturated rings. The minimum absolute atomic E-state index is 0.0628. The third-order valence-corrected chi connectivity index (χ3v) is 36.6. The van der Waals surface area contributed by atoms with Gasteiger partial charge in [-0.1, -0.05) is 13.8 Å². The van der Waals surface area contributed by atoms with E-state index in [9.17, 15) is 9.59 Å².